The Balaban J connectivity index is 2.25. The lowest BCUT2D eigenvalue weighted by molar-refractivity contribution is -0.140. The average Bonchev–Trinajstić information content (AvgIpc) is 2.87. The second-order valence-electron chi connectivity index (χ2n) is 4.63. The van der Waals surface area contributed by atoms with Crippen LogP contribution in [0, 0.1) is 5.92 Å². The van der Waals surface area contributed by atoms with E-state index in [1.54, 1.807) is 25.3 Å². The predicted octanol–water partition coefficient (Wildman–Crippen LogP) is 0.958. The fourth-order valence-electron chi connectivity index (χ4n) is 1.91. The number of carbonyl (C=O) groups excluding carboxylic acids is 1. The number of amides is 1. The molecule has 0 aliphatic rings. The highest BCUT2D eigenvalue weighted by atomic mass is 16.4. The van der Waals surface area contributed by atoms with Crippen LogP contribution in [0.3, 0.4) is 0 Å². The molecule has 0 aromatic carbocycles. The lowest BCUT2D eigenvalue weighted by Gasteiger charge is -2.19. The van der Waals surface area contributed by atoms with Gasteiger partial charge in [0.15, 0.2) is 0 Å². The summed E-state index contributed by atoms with van der Waals surface area (Å²) in [5.74, 6) is -1.65. The van der Waals surface area contributed by atoms with E-state index in [0.29, 0.717) is 17.5 Å². The minimum Gasteiger partial charge on any atom is -0.480 e. The van der Waals surface area contributed by atoms with Crippen LogP contribution in [0.4, 0.5) is 0 Å². The number of carboxylic acids is 1. The molecule has 0 fully saturated rings. The van der Waals surface area contributed by atoms with Gasteiger partial charge in [-0.25, -0.2) is 4.79 Å². The summed E-state index contributed by atoms with van der Waals surface area (Å²) in [7, 11) is 0. The Morgan fingerprint density at radius 3 is 2.85 bits per heavy atom. The molecule has 0 spiro atoms. The van der Waals surface area contributed by atoms with Gasteiger partial charge in [0, 0.05) is 6.20 Å². The van der Waals surface area contributed by atoms with Gasteiger partial charge < -0.3 is 10.4 Å². The standard InChI is InChI=1S/C13H16N4O3/c1-3-8(2)11(13(19)20)16-12(18)9-7-15-17-10(9)5-4-6-14-17/h4-8,11H,3H2,1-2H3,(H,16,18)(H,19,20)/t8-,11-/m0/s1. The van der Waals surface area contributed by atoms with Crippen molar-refractivity contribution in [3.05, 3.63) is 30.1 Å². The summed E-state index contributed by atoms with van der Waals surface area (Å²) in [5.41, 5.74) is 0.853. The fraction of sp³-hybridized carbons (Fsp3) is 0.385. The van der Waals surface area contributed by atoms with Gasteiger partial charge in [0.1, 0.15) is 11.6 Å². The van der Waals surface area contributed by atoms with Gasteiger partial charge in [-0.15, -0.1) is 0 Å². The lowest BCUT2D eigenvalue weighted by atomic mass is 9.99. The molecular formula is C13H16N4O3. The molecule has 20 heavy (non-hydrogen) atoms. The number of hydrogen-bond acceptors (Lipinski definition) is 4. The quantitative estimate of drug-likeness (QED) is 0.847. The second-order valence-corrected chi connectivity index (χ2v) is 4.63. The van der Waals surface area contributed by atoms with Gasteiger partial charge in [0.2, 0.25) is 0 Å². The van der Waals surface area contributed by atoms with E-state index in [9.17, 15) is 14.7 Å². The molecule has 2 heterocycles. The molecular weight excluding hydrogens is 260 g/mol. The first kappa shape index (κ1) is 14.0. The summed E-state index contributed by atoms with van der Waals surface area (Å²) < 4.78 is 1.33. The molecule has 2 atom stereocenters. The Bertz CT molecular complexity index is 637. The van der Waals surface area contributed by atoms with Crippen LogP contribution < -0.4 is 5.32 Å². The molecule has 7 heteroatoms. The number of carboxylic acid groups (broad SMARTS) is 1. The number of aliphatic carboxylic acids is 1. The monoisotopic (exact) mass is 276 g/mol. The highest BCUT2D eigenvalue weighted by molar-refractivity contribution is 6.02. The first-order valence-electron chi connectivity index (χ1n) is 6.37. The van der Waals surface area contributed by atoms with Crippen molar-refractivity contribution in [3.63, 3.8) is 0 Å². The van der Waals surface area contributed by atoms with Crippen molar-refractivity contribution in [2.24, 2.45) is 5.92 Å². The third-order valence-electron chi connectivity index (χ3n) is 3.31. The maximum Gasteiger partial charge on any atom is 0.326 e. The summed E-state index contributed by atoms with van der Waals surface area (Å²) >= 11 is 0. The van der Waals surface area contributed by atoms with Crippen molar-refractivity contribution in [3.8, 4) is 0 Å². The fourth-order valence-corrected chi connectivity index (χ4v) is 1.91. The van der Waals surface area contributed by atoms with Crippen molar-refractivity contribution < 1.29 is 14.7 Å². The van der Waals surface area contributed by atoms with E-state index in [2.05, 4.69) is 15.5 Å². The Morgan fingerprint density at radius 2 is 2.20 bits per heavy atom. The topological polar surface area (TPSA) is 96.6 Å². The summed E-state index contributed by atoms with van der Waals surface area (Å²) in [4.78, 5) is 23.4. The molecule has 0 radical (unpaired) electrons. The van der Waals surface area contributed by atoms with E-state index >= 15 is 0 Å². The molecule has 2 rings (SSSR count). The molecule has 2 N–H and O–H groups in total. The average molecular weight is 276 g/mol. The van der Waals surface area contributed by atoms with Crippen LogP contribution in [0.15, 0.2) is 24.5 Å². The van der Waals surface area contributed by atoms with Gasteiger partial charge in [0.25, 0.3) is 5.91 Å². The molecule has 7 nitrogen and oxygen atoms in total. The minimum atomic E-state index is -1.04. The van der Waals surface area contributed by atoms with Crippen molar-refractivity contribution in [1.29, 1.82) is 0 Å². The maximum absolute atomic E-state index is 12.2. The first-order valence-corrected chi connectivity index (χ1v) is 6.37. The number of hydrogen-bond donors (Lipinski definition) is 2. The molecule has 0 saturated carbocycles. The normalized spacial score (nSPS) is 13.9. The van der Waals surface area contributed by atoms with Crippen molar-refractivity contribution in [1.82, 2.24) is 20.1 Å². The van der Waals surface area contributed by atoms with Crippen LogP contribution in [0.5, 0.6) is 0 Å². The number of fused-ring (bicyclic) bond motifs is 1. The van der Waals surface area contributed by atoms with Crippen LogP contribution in [-0.4, -0.2) is 37.9 Å². The molecule has 0 bridgehead atoms. The van der Waals surface area contributed by atoms with Crippen LogP contribution >= 0.6 is 0 Å². The third-order valence-corrected chi connectivity index (χ3v) is 3.31. The van der Waals surface area contributed by atoms with E-state index in [0.717, 1.165) is 0 Å². The Labute approximate surface area is 115 Å². The second kappa shape index (κ2) is 5.68. The van der Waals surface area contributed by atoms with Gasteiger partial charge in [-0.1, -0.05) is 20.3 Å². The van der Waals surface area contributed by atoms with Gasteiger partial charge in [-0.05, 0) is 18.1 Å². The van der Waals surface area contributed by atoms with E-state index in [1.165, 1.54) is 10.8 Å². The SMILES string of the molecule is CC[C@H](C)[C@H](NC(=O)c1cnn2ncccc12)C(=O)O. The lowest BCUT2D eigenvalue weighted by Crippen LogP contribution is -2.45. The minimum absolute atomic E-state index is 0.156. The maximum atomic E-state index is 12.2. The van der Waals surface area contributed by atoms with E-state index in [-0.39, 0.29) is 5.92 Å². The largest absolute Gasteiger partial charge is 0.480 e. The molecule has 1 amide bonds. The van der Waals surface area contributed by atoms with Gasteiger partial charge >= 0.3 is 5.97 Å². The molecule has 106 valence electrons. The summed E-state index contributed by atoms with van der Waals surface area (Å²) in [6.45, 7) is 3.67. The number of aromatic nitrogens is 3. The third kappa shape index (κ3) is 2.61. The summed E-state index contributed by atoms with van der Waals surface area (Å²) in [5, 5.41) is 19.6. The Hall–Kier alpha value is -2.44. The van der Waals surface area contributed by atoms with Crippen LogP contribution in [0.1, 0.15) is 30.6 Å². The van der Waals surface area contributed by atoms with Crippen molar-refractivity contribution in [2.45, 2.75) is 26.3 Å². The van der Waals surface area contributed by atoms with E-state index in [1.807, 2.05) is 6.92 Å². The van der Waals surface area contributed by atoms with Gasteiger partial charge in [-0.2, -0.15) is 14.8 Å². The molecule has 0 aliphatic heterocycles. The van der Waals surface area contributed by atoms with Crippen molar-refractivity contribution >= 4 is 17.4 Å². The van der Waals surface area contributed by atoms with Crippen LogP contribution in [-0.2, 0) is 4.79 Å². The predicted molar refractivity (Wildman–Crippen MR) is 71.3 cm³/mol. The number of nitrogens with one attached hydrogen (secondary N) is 1. The van der Waals surface area contributed by atoms with E-state index in [4.69, 9.17) is 0 Å². The Kier molecular flexibility index (Phi) is 3.97. The first-order chi connectivity index (χ1) is 9.54. The Morgan fingerprint density at radius 1 is 1.45 bits per heavy atom. The zero-order valence-electron chi connectivity index (χ0n) is 11.3. The summed E-state index contributed by atoms with van der Waals surface area (Å²) in [6, 6.07) is 2.48. The van der Waals surface area contributed by atoms with Gasteiger partial charge in [0.05, 0.1) is 11.8 Å². The number of rotatable bonds is 5. The van der Waals surface area contributed by atoms with Crippen LogP contribution in [0.25, 0.3) is 5.52 Å². The van der Waals surface area contributed by atoms with Crippen molar-refractivity contribution in [2.75, 3.05) is 0 Å². The number of carbonyl (C=O) groups is 2. The van der Waals surface area contributed by atoms with Crippen LogP contribution in [0.2, 0.25) is 0 Å². The highest BCUT2D eigenvalue weighted by Gasteiger charge is 2.26. The number of nitrogens with zero attached hydrogens (tertiary/aromatic N) is 3. The zero-order chi connectivity index (χ0) is 14.7. The molecule has 2 aromatic heterocycles. The zero-order valence-corrected chi connectivity index (χ0v) is 11.3. The molecule has 0 unspecified atom stereocenters. The summed E-state index contributed by atoms with van der Waals surface area (Å²) in [6.07, 6.45) is 3.60. The molecule has 0 saturated heterocycles. The van der Waals surface area contributed by atoms with E-state index < -0.39 is 17.9 Å². The highest BCUT2D eigenvalue weighted by Crippen LogP contribution is 2.12. The molecule has 0 aliphatic carbocycles. The molecule has 2 aromatic rings. The smallest absolute Gasteiger partial charge is 0.326 e. The van der Waals surface area contributed by atoms with Gasteiger partial charge in [-0.3, -0.25) is 4.79 Å².